The van der Waals surface area contributed by atoms with Crippen LogP contribution in [-0.2, 0) is 16.1 Å². The summed E-state index contributed by atoms with van der Waals surface area (Å²) in [7, 11) is 0. The molecule has 3 heterocycles. The quantitative estimate of drug-likeness (QED) is 0.430. The molecule has 2 fully saturated rings. The van der Waals surface area contributed by atoms with Crippen molar-refractivity contribution < 1.29 is 24.0 Å². The van der Waals surface area contributed by atoms with Crippen LogP contribution in [0.4, 0.5) is 0 Å². The summed E-state index contributed by atoms with van der Waals surface area (Å²) < 4.78 is 8.46. The molecule has 10 heteroatoms. The summed E-state index contributed by atoms with van der Waals surface area (Å²) in [5.41, 5.74) is 0.735. The maximum Gasteiger partial charge on any atom is 0.378 e. The van der Waals surface area contributed by atoms with E-state index in [2.05, 4.69) is 10.4 Å². The van der Waals surface area contributed by atoms with Crippen molar-refractivity contribution in [3.05, 3.63) is 33.3 Å². The first-order valence-electron chi connectivity index (χ1n) is 11.9. The van der Waals surface area contributed by atoms with Crippen LogP contribution >= 0.6 is 0 Å². The number of aromatic hydroxyl groups is 1. The Balaban J connectivity index is 1.79. The van der Waals surface area contributed by atoms with Crippen LogP contribution in [0.5, 0.6) is 5.88 Å². The summed E-state index contributed by atoms with van der Waals surface area (Å²) >= 11 is 0. The molecule has 2 amide bonds. The van der Waals surface area contributed by atoms with Gasteiger partial charge >= 0.3 is 17.1 Å². The molecule has 0 unspecified atom stereocenters. The van der Waals surface area contributed by atoms with Gasteiger partial charge in [-0.25, -0.2) is 9.89 Å². The van der Waals surface area contributed by atoms with Crippen LogP contribution in [-0.4, -0.2) is 62.8 Å². The van der Waals surface area contributed by atoms with Crippen molar-refractivity contribution in [3.63, 3.8) is 0 Å². The fraction of sp³-hybridized carbons (Fsp3) is 0.583. The summed E-state index contributed by atoms with van der Waals surface area (Å²) in [4.78, 5) is 40.7. The van der Waals surface area contributed by atoms with E-state index in [1.807, 2.05) is 27.7 Å². The molecule has 1 saturated carbocycles. The smallest absolute Gasteiger partial charge is 0.378 e. The Bertz CT molecular complexity index is 1210. The highest BCUT2D eigenvalue weighted by atomic mass is 16.5. The number of hydrogen-bond donors (Lipinski definition) is 3. The van der Waals surface area contributed by atoms with Gasteiger partial charge in [-0.15, -0.1) is 0 Å². The van der Waals surface area contributed by atoms with Crippen molar-refractivity contribution in [2.24, 2.45) is 5.92 Å². The third-order valence-electron chi connectivity index (χ3n) is 6.26. The van der Waals surface area contributed by atoms with E-state index in [1.165, 1.54) is 10.6 Å². The van der Waals surface area contributed by atoms with Gasteiger partial charge in [0.2, 0.25) is 11.5 Å². The fourth-order valence-corrected chi connectivity index (χ4v) is 4.31. The molecule has 2 atom stereocenters. The van der Waals surface area contributed by atoms with Crippen molar-refractivity contribution in [2.75, 3.05) is 13.2 Å². The Morgan fingerprint density at radius 2 is 2.03 bits per heavy atom. The number of nitrogens with one attached hydrogen (secondary N) is 2. The largest absolute Gasteiger partial charge is 0.477 e. The zero-order chi connectivity index (χ0) is 24.7. The van der Waals surface area contributed by atoms with Gasteiger partial charge in [-0.1, -0.05) is 18.4 Å². The highest BCUT2D eigenvalue weighted by Gasteiger charge is 2.35. The lowest BCUT2D eigenvalue weighted by Gasteiger charge is -2.36. The lowest BCUT2D eigenvalue weighted by atomic mass is 10.1. The van der Waals surface area contributed by atoms with Gasteiger partial charge in [-0.3, -0.25) is 9.59 Å². The molecule has 2 aliphatic rings. The monoisotopic (exact) mass is 472 g/mol. The summed E-state index contributed by atoms with van der Waals surface area (Å²) in [6, 6.07) is 0.00761. The number of morpholine rings is 1. The molecule has 0 spiro atoms. The molecule has 1 saturated heterocycles. The van der Waals surface area contributed by atoms with Gasteiger partial charge < -0.3 is 20.1 Å². The lowest BCUT2D eigenvalue weighted by Crippen LogP contribution is -2.49. The average molecular weight is 473 g/mol. The Kier molecular flexibility index (Phi) is 6.53. The number of hydrogen-bond acceptors (Lipinski definition) is 5. The molecule has 0 aromatic carbocycles. The van der Waals surface area contributed by atoms with E-state index in [0.717, 1.165) is 12.8 Å². The van der Waals surface area contributed by atoms with Crippen LogP contribution in [0.3, 0.4) is 0 Å². The normalized spacial score (nSPS) is 21.1. The minimum atomic E-state index is -0.629. The number of fused-ring (bicyclic) bond motifs is 1. The van der Waals surface area contributed by atoms with E-state index in [0.29, 0.717) is 36.6 Å². The van der Waals surface area contributed by atoms with E-state index in [4.69, 9.17) is 4.74 Å². The molecule has 184 valence electrons. The molecule has 4 rings (SSSR count). The van der Waals surface area contributed by atoms with Gasteiger partial charge in [0.25, 0.3) is 5.91 Å². The third kappa shape index (κ3) is 4.59. The molecule has 10 nitrogen and oxygen atoms in total. The Morgan fingerprint density at radius 3 is 2.68 bits per heavy atom. The molecule has 0 radical (unpaired) electrons. The molecule has 1 aliphatic heterocycles. The Labute approximate surface area is 198 Å². The number of carbonyl (C=O) groups is 2. The number of aryl methyl sites for hydroxylation is 1. The van der Waals surface area contributed by atoms with E-state index in [1.54, 1.807) is 22.5 Å². The second-order valence-electron chi connectivity index (χ2n) is 9.88. The van der Waals surface area contributed by atoms with Gasteiger partial charge in [0.15, 0.2) is 0 Å². The number of carbonyl (C=O) groups excluding carboxylic acids is 2. The van der Waals surface area contributed by atoms with Crippen LogP contribution in [0.1, 0.15) is 62.2 Å². The van der Waals surface area contributed by atoms with Crippen molar-refractivity contribution in [1.29, 1.82) is 0 Å². The van der Waals surface area contributed by atoms with Crippen molar-refractivity contribution >= 4 is 23.5 Å². The second kappa shape index (κ2) is 9.25. The van der Waals surface area contributed by atoms with E-state index < -0.39 is 11.5 Å². The zero-order valence-electron chi connectivity index (χ0n) is 20.4. The van der Waals surface area contributed by atoms with Crippen LogP contribution in [0.25, 0.3) is 11.7 Å². The number of nitrogens with zero attached hydrogens (tertiary/aromatic N) is 3. The van der Waals surface area contributed by atoms with Crippen LogP contribution in [0.2, 0.25) is 0 Å². The van der Waals surface area contributed by atoms with Crippen molar-refractivity contribution in [1.82, 2.24) is 19.8 Å². The van der Waals surface area contributed by atoms with E-state index in [-0.39, 0.29) is 41.5 Å². The zero-order valence-corrected chi connectivity index (χ0v) is 20.4. The number of aromatic nitrogens is 3. The SMILES string of the molecule is Cc1[nH]n2c(=O)c(C(=O)NC3CC3)c(O)[n+](CC(C)C)c2c1/C=C/C(=O)N1C[C@@H](C)OC[C@@H]1C. The summed E-state index contributed by atoms with van der Waals surface area (Å²) in [5.74, 6) is -0.969. The number of rotatable bonds is 6. The minimum absolute atomic E-state index is 0.0349. The predicted molar refractivity (Wildman–Crippen MR) is 126 cm³/mol. The fourth-order valence-electron chi connectivity index (χ4n) is 4.31. The summed E-state index contributed by atoms with van der Waals surface area (Å²) in [5, 5.41) is 16.9. The molecule has 1 aliphatic carbocycles. The van der Waals surface area contributed by atoms with Gasteiger partial charge in [0.05, 0.1) is 36.6 Å². The number of ether oxygens (including phenoxy) is 1. The summed E-state index contributed by atoms with van der Waals surface area (Å²) in [6.45, 7) is 11.0. The van der Waals surface area contributed by atoms with Gasteiger partial charge in [0.1, 0.15) is 0 Å². The van der Waals surface area contributed by atoms with Gasteiger partial charge in [-0.2, -0.15) is 4.57 Å². The number of aromatic amines is 1. The maximum atomic E-state index is 13.2. The van der Waals surface area contributed by atoms with Crippen LogP contribution in [0, 0.1) is 12.8 Å². The molecular formula is C24H34N5O5+. The van der Waals surface area contributed by atoms with Crippen molar-refractivity contribution in [3.8, 4) is 5.88 Å². The van der Waals surface area contributed by atoms with Crippen LogP contribution < -0.4 is 15.4 Å². The minimum Gasteiger partial charge on any atom is -0.477 e. The highest BCUT2D eigenvalue weighted by molar-refractivity contribution is 5.96. The molecular weight excluding hydrogens is 438 g/mol. The van der Waals surface area contributed by atoms with E-state index in [9.17, 15) is 19.5 Å². The third-order valence-corrected chi connectivity index (χ3v) is 6.26. The van der Waals surface area contributed by atoms with Crippen LogP contribution in [0.15, 0.2) is 10.9 Å². The Morgan fingerprint density at radius 1 is 1.32 bits per heavy atom. The number of amides is 2. The molecule has 3 N–H and O–H groups in total. The van der Waals surface area contributed by atoms with Crippen molar-refractivity contribution in [2.45, 2.75) is 72.2 Å². The Hall–Kier alpha value is -3.14. The molecule has 2 aromatic heterocycles. The highest BCUT2D eigenvalue weighted by Crippen LogP contribution is 2.22. The maximum absolute atomic E-state index is 13.2. The first kappa shape index (κ1) is 24.0. The lowest BCUT2D eigenvalue weighted by molar-refractivity contribution is -0.686. The topological polar surface area (TPSA) is 120 Å². The molecule has 0 bridgehead atoms. The standard InChI is InChI=1S/C24H33N5O5/c1-13(2)10-28-22-18(8-9-19(30)27-11-15(4)34-12-14(27)3)16(5)26-29(22)24(33)20(23(28)32)21(31)25-17-6-7-17/h8-9,13-15,17H,6-7,10-12H2,1-5H3,(H2,25,31,32,33)/p+1/b9-8+/t14-,15+/m0/s1. The van der Waals surface area contributed by atoms with Gasteiger partial charge in [0, 0.05) is 18.7 Å². The average Bonchev–Trinajstić information content (AvgIpc) is 3.51. The number of H-pyrrole nitrogens is 1. The summed E-state index contributed by atoms with van der Waals surface area (Å²) in [6.07, 6.45) is 4.85. The first-order valence-corrected chi connectivity index (χ1v) is 11.9. The molecule has 34 heavy (non-hydrogen) atoms. The second-order valence-corrected chi connectivity index (χ2v) is 9.88. The van der Waals surface area contributed by atoms with E-state index >= 15 is 0 Å². The van der Waals surface area contributed by atoms with Gasteiger partial charge in [-0.05, 0) is 45.6 Å². The molecule has 2 aromatic rings. The first-order chi connectivity index (χ1) is 16.1. The predicted octanol–water partition coefficient (Wildman–Crippen LogP) is 1.13.